The van der Waals surface area contributed by atoms with E-state index in [1.54, 1.807) is 0 Å². The van der Waals surface area contributed by atoms with Crippen LogP contribution in [0.15, 0.2) is 23.3 Å². The van der Waals surface area contributed by atoms with Gasteiger partial charge in [-0.2, -0.15) is 0 Å². The van der Waals surface area contributed by atoms with Crippen LogP contribution in [0.25, 0.3) is 0 Å². The van der Waals surface area contributed by atoms with E-state index in [9.17, 15) is 0 Å². The van der Waals surface area contributed by atoms with E-state index in [1.165, 1.54) is 18.4 Å². The molecular formula is C20H34IN5. The number of pyridine rings is 1. The molecule has 2 aliphatic rings. The molecule has 0 bridgehead atoms. The van der Waals surface area contributed by atoms with Crippen molar-refractivity contribution in [1.29, 1.82) is 0 Å². The Hall–Kier alpha value is -1.05. The summed E-state index contributed by atoms with van der Waals surface area (Å²) in [5, 5.41) is 3.47. The number of aromatic nitrogens is 1. The highest BCUT2D eigenvalue weighted by atomic mass is 127. The highest BCUT2D eigenvalue weighted by molar-refractivity contribution is 14.0. The monoisotopic (exact) mass is 471 g/mol. The van der Waals surface area contributed by atoms with E-state index >= 15 is 0 Å². The summed E-state index contributed by atoms with van der Waals surface area (Å²) in [5.74, 6) is 2.12. The van der Waals surface area contributed by atoms with Crippen molar-refractivity contribution in [2.24, 2.45) is 10.4 Å². The smallest absolute Gasteiger partial charge is 0.194 e. The number of hydrogen-bond donors (Lipinski definition) is 1. The maximum Gasteiger partial charge on any atom is 0.194 e. The molecule has 5 nitrogen and oxygen atoms in total. The van der Waals surface area contributed by atoms with Crippen LogP contribution >= 0.6 is 24.0 Å². The molecule has 146 valence electrons. The summed E-state index contributed by atoms with van der Waals surface area (Å²) in [6.07, 6.45) is 4.46. The van der Waals surface area contributed by atoms with Gasteiger partial charge in [0.25, 0.3) is 0 Å². The van der Waals surface area contributed by atoms with Gasteiger partial charge in [-0.25, -0.2) is 9.98 Å². The molecule has 0 aromatic carbocycles. The Kier molecular flexibility index (Phi) is 6.80. The van der Waals surface area contributed by atoms with E-state index in [1.807, 2.05) is 6.20 Å². The molecule has 3 rings (SSSR count). The van der Waals surface area contributed by atoms with Gasteiger partial charge >= 0.3 is 0 Å². The van der Waals surface area contributed by atoms with Crippen molar-refractivity contribution in [3.63, 3.8) is 0 Å². The van der Waals surface area contributed by atoms with Crippen LogP contribution in [0.3, 0.4) is 0 Å². The Morgan fingerprint density at radius 2 is 1.92 bits per heavy atom. The maximum absolute atomic E-state index is 4.92. The molecule has 0 radical (unpaired) electrons. The third-order valence-corrected chi connectivity index (χ3v) is 6.13. The SMILES string of the molecule is CCNC(=NCc1ccnc(N2CCCC2)c1)N1CC(C)(C)C1(C)C.I. The molecule has 1 aromatic heterocycles. The Labute approximate surface area is 175 Å². The van der Waals surface area contributed by atoms with Gasteiger partial charge in [-0.3, -0.25) is 0 Å². The van der Waals surface area contributed by atoms with Crippen molar-refractivity contribution in [3.05, 3.63) is 23.9 Å². The zero-order valence-corrected chi connectivity index (χ0v) is 19.2. The number of aliphatic imine (C=N–C) groups is 1. The largest absolute Gasteiger partial charge is 0.357 e. The van der Waals surface area contributed by atoms with Crippen LogP contribution in [-0.2, 0) is 6.54 Å². The average Bonchev–Trinajstić information content (AvgIpc) is 3.12. The number of anilines is 1. The molecule has 0 unspecified atom stereocenters. The first kappa shape index (κ1) is 21.3. The van der Waals surface area contributed by atoms with Crippen LogP contribution < -0.4 is 10.2 Å². The van der Waals surface area contributed by atoms with Gasteiger partial charge < -0.3 is 15.1 Å². The molecular weight excluding hydrogens is 437 g/mol. The van der Waals surface area contributed by atoms with Crippen molar-refractivity contribution >= 4 is 35.8 Å². The van der Waals surface area contributed by atoms with Crippen LogP contribution in [-0.4, -0.2) is 47.6 Å². The third-order valence-electron chi connectivity index (χ3n) is 6.13. The lowest BCUT2D eigenvalue weighted by atomic mass is 9.65. The Morgan fingerprint density at radius 3 is 2.50 bits per heavy atom. The molecule has 2 fully saturated rings. The van der Waals surface area contributed by atoms with Gasteiger partial charge in [0.2, 0.25) is 0 Å². The van der Waals surface area contributed by atoms with E-state index in [0.717, 1.165) is 38.0 Å². The Bertz CT molecular complexity index is 635. The summed E-state index contributed by atoms with van der Waals surface area (Å²) in [7, 11) is 0. The number of hydrogen-bond acceptors (Lipinski definition) is 3. The Balaban J connectivity index is 0.00000243. The molecule has 0 spiro atoms. The lowest BCUT2D eigenvalue weighted by Crippen LogP contribution is -2.72. The van der Waals surface area contributed by atoms with Gasteiger partial charge in [0.1, 0.15) is 5.82 Å². The highest BCUT2D eigenvalue weighted by Crippen LogP contribution is 2.46. The first-order chi connectivity index (χ1) is 11.8. The molecule has 6 heteroatoms. The quantitative estimate of drug-likeness (QED) is 0.411. The molecule has 0 amide bonds. The standard InChI is InChI=1S/C20H33N5.HI/c1-6-21-18(25-15-19(2,3)20(25,4)5)23-14-16-9-10-22-17(13-16)24-11-7-8-12-24;/h9-10,13H,6-8,11-12,14-15H2,1-5H3,(H,21,23);1H. The van der Waals surface area contributed by atoms with Crippen molar-refractivity contribution in [2.75, 3.05) is 31.1 Å². The summed E-state index contributed by atoms with van der Waals surface area (Å²) in [4.78, 5) is 14.2. The maximum atomic E-state index is 4.92. The van der Waals surface area contributed by atoms with Crippen molar-refractivity contribution < 1.29 is 0 Å². The van der Waals surface area contributed by atoms with Crippen LogP contribution in [0.4, 0.5) is 5.82 Å². The van der Waals surface area contributed by atoms with Crippen LogP contribution in [0.5, 0.6) is 0 Å². The molecule has 2 aliphatic heterocycles. The number of guanidine groups is 1. The van der Waals surface area contributed by atoms with E-state index in [2.05, 4.69) is 66.9 Å². The lowest BCUT2D eigenvalue weighted by Gasteiger charge is -2.62. The van der Waals surface area contributed by atoms with Crippen LogP contribution in [0, 0.1) is 5.41 Å². The van der Waals surface area contributed by atoms with E-state index < -0.39 is 0 Å². The van der Waals surface area contributed by atoms with Gasteiger partial charge in [0.05, 0.1) is 6.54 Å². The first-order valence-corrected chi connectivity index (χ1v) is 9.61. The normalized spacial score (nSPS) is 21.2. The molecule has 0 saturated carbocycles. The predicted molar refractivity (Wildman–Crippen MR) is 120 cm³/mol. The number of likely N-dealkylation sites (tertiary alicyclic amines) is 1. The zero-order valence-electron chi connectivity index (χ0n) is 16.9. The summed E-state index contributed by atoms with van der Waals surface area (Å²) in [6, 6.07) is 4.28. The van der Waals surface area contributed by atoms with Gasteiger partial charge in [0, 0.05) is 43.3 Å². The molecule has 1 N–H and O–H groups in total. The zero-order chi connectivity index (χ0) is 18.1. The topological polar surface area (TPSA) is 43.8 Å². The van der Waals surface area contributed by atoms with E-state index in [0.29, 0.717) is 12.0 Å². The van der Waals surface area contributed by atoms with Gasteiger partial charge in [-0.05, 0) is 51.3 Å². The molecule has 0 aliphatic carbocycles. The Morgan fingerprint density at radius 1 is 1.23 bits per heavy atom. The molecule has 0 atom stereocenters. The third kappa shape index (κ3) is 4.10. The van der Waals surface area contributed by atoms with Crippen LogP contribution in [0.1, 0.15) is 53.0 Å². The van der Waals surface area contributed by atoms with Gasteiger partial charge in [-0.15, -0.1) is 24.0 Å². The molecule has 2 saturated heterocycles. The summed E-state index contributed by atoms with van der Waals surface area (Å²) < 4.78 is 0. The second kappa shape index (κ2) is 8.31. The number of rotatable bonds is 4. The first-order valence-electron chi connectivity index (χ1n) is 9.61. The number of nitrogens with zero attached hydrogens (tertiary/aromatic N) is 4. The van der Waals surface area contributed by atoms with E-state index in [4.69, 9.17) is 4.99 Å². The summed E-state index contributed by atoms with van der Waals surface area (Å²) >= 11 is 0. The molecule has 26 heavy (non-hydrogen) atoms. The average molecular weight is 471 g/mol. The fourth-order valence-corrected chi connectivity index (χ4v) is 3.64. The van der Waals surface area contributed by atoms with Crippen LogP contribution in [0.2, 0.25) is 0 Å². The summed E-state index contributed by atoms with van der Waals surface area (Å²) in [5.41, 5.74) is 1.65. The van der Waals surface area contributed by atoms with Gasteiger partial charge in [-0.1, -0.05) is 13.8 Å². The molecule has 1 aromatic rings. The highest BCUT2D eigenvalue weighted by Gasteiger charge is 2.53. The minimum atomic E-state index is 0. The minimum Gasteiger partial charge on any atom is -0.357 e. The molecule has 3 heterocycles. The van der Waals surface area contributed by atoms with Gasteiger partial charge in [0.15, 0.2) is 5.96 Å². The fraction of sp³-hybridized carbons (Fsp3) is 0.700. The predicted octanol–water partition coefficient (Wildman–Crippen LogP) is 3.89. The van der Waals surface area contributed by atoms with Crippen molar-refractivity contribution in [1.82, 2.24) is 15.2 Å². The summed E-state index contributed by atoms with van der Waals surface area (Å²) in [6.45, 7) is 16.3. The number of halogens is 1. The van der Waals surface area contributed by atoms with Crippen molar-refractivity contribution in [2.45, 2.75) is 59.5 Å². The second-order valence-corrected chi connectivity index (χ2v) is 8.42. The minimum absolute atomic E-state index is 0. The van der Waals surface area contributed by atoms with Crippen molar-refractivity contribution in [3.8, 4) is 0 Å². The fourth-order valence-electron chi connectivity index (χ4n) is 3.64. The van der Waals surface area contributed by atoms with E-state index in [-0.39, 0.29) is 29.5 Å². The lowest BCUT2D eigenvalue weighted by molar-refractivity contribution is -0.0667. The second-order valence-electron chi connectivity index (χ2n) is 8.42. The number of nitrogens with one attached hydrogen (secondary N) is 1.